The number of rotatable bonds is 19. The van der Waals surface area contributed by atoms with Crippen LogP contribution in [0, 0.1) is 0 Å². The Morgan fingerprint density at radius 2 is 1.48 bits per heavy atom. The first-order chi connectivity index (χ1) is 21.9. The maximum absolute atomic E-state index is 12.8. The minimum absolute atomic E-state index is 0.00688. The Morgan fingerprint density at radius 1 is 0.913 bits per heavy atom. The maximum Gasteiger partial charge on any atom is 0.252 e. The number of hydrogen-bond acceptors (Lipinski definition) is 10. The van der Waals surface area contributed by atoms with Crippen LogP contribution in [0.3, 0.4) is 0 Å². The molecule has 46 heavy (non-hydrogen) atoms. The van der Waals surface area contributed by atoms with Crippen molar-refractivity contribution in [2.24, 2.45) is 0 Å². The van der Waals surface area contributed by atoms with Crippen molar-refractivity contribution in [3.63, 3.8) is 0 Å². The Balaban J connectivity index is 1.27. The van der Waals surface area contributed by atoms with Gasteiger partial charge in [-0.15, -0.1) is 0 Å². The average molecular weight is 706 g/mol. The second-order valence-electron chi connectivity index (χ2n) is 10.6. The van der Waals surface area contributed by atoms with Crippen molar-refractivity contribution in [1.29, 1.82) is 0 Å². The molecule has 0 radical (unpaired) electrons. The smallest absolute Gasteiger partial charge is 0.252 e. The number of nitrogens with one attached hydrogen (secondary N) is 3. The number of fused-ring (bicyclic) bond motifs is 1. The number of ether oxygens (including phenoxy) is 3. The van der Waals surface area contributed by atoms with Crippen molar-refractivity contribution >= 4 is 45.0 Å². The molecule has 0 saturated carbocycles. The van der Waals surface area contributed by atoms with Gasteiger partial charge in [-0.2, -0.15) is 0 Å². The van der Waals surface area contributed by atoms with E-state index < -0.39 is 34.0 Å². The van der Waals surface area contributed by atoms with Gasteiger partial charge in [-0.05, 0) is 54.9 Å². The van der Waals surface area contributed by atoms with Crippen molar-refractivity contribution in [2.75, 3.05) is 72.9 Å². The molecule has 1 aliphatic rings. The van der Waals surface area contributed by atoms with Crippen LogP contribution in [0.25, 0.3) is 0 Å². The lowest BCUT2D eigenvalue weighted by Gasteiger charge is -2.33. The molecule has 256 valence electrons. The summed E-state index contributed by atoms with van der Waals surface area (Å²) in [7, 11) is -1.71. The zero-order chi connectivity index (χ0) is 33.7. The lowest BCUT2D eigenvalue weighted by molar-refractivity contribution is -0.146. The monoisotopic (exact) mass is 704 g/mol. The maximum atomic E-state index is 12.8. The molecule has 16 heteroatoms. The molecule has 1 heterocycles. The molecule has 3 rings (SSSR count). The molecule has 2 amide bonds. The van der Waals surface area contributed by atoms with Crippen LogP contribution in [0.1, 0.15) is 29.5 Å². The fourth-order valence-electron chi connectivity index (χ4n) is 4.80. The van der Waals surface area contributed by atoms with Crippen molar-refractivity contribution in [3.05, 3.63) is 63.1 Å². The quantitative estimate of drug-likeness (QED) is 0.132. The predicted octanol–water partition coefficient (Wildman–Crippen LogP) is 0.873. The highest BCUT2D eigenvalue weighted by atomic mass is 35.5. The normalized spacial score (nSPS) is 16.4. The van der Waals surface area contributed by atoms with Gasteiger partial charge in [0.05, 0.1) is 44.5 Å². The number of carbonyl (C=O) groups excluding carboxylic acids is 2. The number of halogens is 2. The molecule has 0 aromatic heterocycles. The molecule has 1 aliphatic heterocycles. The average Bonchev–Trinajstić information content (AvgIpc) is 3.02. The topological polar surface area (TPSA) is 176 Å². The number of benzene rings is 2. The number of amides is 2. The Hall–Kier alpha value is -2.37. The molecular weight excluding hydrogens is 663 g/mol. The van der Waals surface area contributed by atoms with E-state index in [-0.39, 0.29) is 70.1 Å². The standard InChI is InChI=1S/C30H42Cl2N4O9S/c1-3-33-29(39)27(37)28(38)30(40)34-8-10-43-12-14-45-15-13-44-11-9-35-46(41,42)22-6-4-20(5-7-22)24-18-36(2)19-25-23(24)16-21(31)17-26(25)32/h4-7,16-17,24,27-28,35,37-38H,3,8-15,18-19H2,1-2H3,(H,33,39)(H,34,40)/t24-,27+,28+/m0/s1. The zero-order valence-electron chi connectivity index (χ0n) is 25.8. The minimum atomic E-state index is -3.73. The first-order valence-electron chi connectivity index (χ1n) is 14.8. The highest BCUT2D eigenvalue weighted by Crippen LogP contribution is 2.38. The lowest BCUT2D eigenvalue weighted by Crippen LogP contribution is -2.49. The van der Waals surface area contributed by atoms with Crippen LogP contribution in [0.4, 0.5) is 0 Å². The molecule has 0 fully saturated rings. The second kappa shape index (κ2) is 18.8. The summed E-state index contributed by atoms with van der Waals surface area (Å²) in [4.78, 5) is 25.6. The highest BCUT2D eigenvalue weighted by molar-refractivity contribution is 7.89. The second-order valence-corrected chi connectivity index (χ2v) is 13.2. The Labute approximate surface area is 279 Å². The summed E-state index contributed by atoms with van der Waals surface area (Å²) in [6.07, 6.45) is -3.74. The molecule has 3 atom stereocenters. The van der Waals surface area contributed by atoms with E-state index in [1.54, 1.807) is 25.1 Å². The molecule has 0 saturated heterocycles. The Morgan fingerprint density at radius 3 is 2.09 bits per heavy atom. The summed E-state index contributed by atoms with van der Waals surface area (Å²) in [6.45, 7) is 4.85. The van der Waals surface area contributed by atoms with Gasteiger partial charge < -0.3 is 40.0 Å². The summed E-state index contributed by atoms with van der Waals surface area (Å²) in [5, 5.41) is 25.2. The summed E-state index contributed by atoms with van der Waals surface area (Å²) >= 11 is 12.7. The van der Waals surface area contributed by atoms with Gasteiger partial charge in [-0.25, -0.2) is 13.1 Å². The molecule has 2 aromatic rings. The van der Waals surface area contributed by atoms with Crippen LogP contribution in [-0.4, -0.2) is 120 Å². The van der Waals surface area contributed by atoms with Gasteiger partial charge >= 0.3 is 0 Å². The van der Waals surface area contributed by atoms with E-state index in [0.29, 0.717) is 16.6 Å². The van der Waals surface area contributed by atoms with Gasteiger partial charge in [0.1, 0.15) is 0 Å². The number of likely N-dealkylation sites (N-methyl/N-ethyl adjacent to an activating group) is 2. The van der Waals surface area contributed by atoms with Crippen LogP contribution < -0.4 is 15.4 Å². The van der Waals surface area contributed by atoms with E-state index in [1.807, 2.05) is 25.2 Å². The first-order valence-corrected chi connectivity index (χ1v) is 17.1. The summed E-state index contributed by atoms with van der Waals surface area (Å²) < 4.78 is 44.2. The van der Waals surface area contributed by atoms with Gasteiger partial charge in [0.25, 0.3) is 11.8 Å². The number of aliphatic hydroxyl groups excluding tert-OH is 2. The highest BCUT2D eigenvalue weighted by Gasteiger charge is 2.30. The SMILES string of the molecule is CCNC(=O)[C@H](O)[C@@H](O)C(=O)NCCOCCOCCOCCNS(=O)(=O)c1ccc([C@@H]2CN(C)Cc3c(Cl)cc(Cl)cc32)cc1. The molecule has 0 spiro atoms. The first kappa shape index (κ1) is 38.1. The molecule has 0 unspecified atom stereocenters. The van der Waals surface area contributed by atoms with Crippen LogP contribution in [0.5, 0.6) is 0 Å². The van der Waals surface area contributed by atoms with Crippen molar-refractivity contribution in [2.45, 2.75) is 36.5 Å². The Kier molecular flexibility index (Phi) is 15.6. The van der Waals surface area contributed by atoms with E-state index in [1.165, 1.54) is 0 Å². The van der Waals surface area contributed by atoms with Crippen molar-refractivity contribution in [1.82, 2.24) is 20.3 Å². The molecule has 0 bridgehead atoms. The summed E-state index contributed by atoms with van der Waals surface area (Å²) in [6, 6.07) is 10.5. The number of aliphatic hydroxyl groups is 2. The van der Waals surface area contributed by atoms with Crippen LogP contribution in [0.15, 0.2) is 41.3 Å². The lowest BCUT2D eigenvalue weighted by atomic mass is 9.85. The largest absolute Gasteiger partial charge is 0.380 e. The van der Waals surface area contributed by atoms with E-state index in [4.69, 9.17) is 37.4 Å². The van der Waals surface area contributed by atoms with Crippen LogP contribution in [-0.2, 0) is 40.4 Å². The predicted molar refractivity (Wildman–Crippen MR) is 172 cm³/mol. The number of nitrogens with zero attached hydrogens (tertiary/aromatic N) is 1. The van der Waals surface area contributed by atoms with Crippen molar-refractivity contribution in [3.8, 4) is 0 Å². The molecular formula is C30H42Cl2N4O9S. The third kappa shape index (κ3) is 11.4. The van der Waals surface area contributed by atoms with Crippen molar-refractivity contribution < 1.29 is 42.4 Å². The molecule has 13 nitrogen and oxygen atoms in total. The van der Waals surface area contributed by atoms with E-state index in [9.17, 15) is 28.2 Å². The minimum Gasteiger partial charge on any atom is -0.380 e. The molecule has 0 aliphatic carbocycles. The number of hydrogen-bond donors (Lipinski definition) is 5. The van der Waals surface area contributed by atoms with E-state index >= 15 is 0 Å². The summed E-state index contributed by atoms with van der Waals surface area (Å²) in [5.41, 5.74) is 3.04. The van der Waals surface area contributed by atoms with Crippen LogP contribution in [0.2, 0.25) is 10.0 Å². The fraction of sp³-hybridized carbons (Fsp3) is 0.533. The van der Waals surface area contributed by atoms with E-state index in [0.717, 1.165) is 23.2 Å². The van der Waals surface area contributed by atoms with E-state index in [2.05, 4.69) is 20.3 Å². The Bertz CT molecular complexity index is 1400. The van der Waals surface area contributed by atoms with Gasteiger partial charge in [-0.1, -0.05) is 35.3 Å². The fourth-order valence-corrected chi connectivity index (χ4v) is 6.38. The van der Waals surface area contributed by atoms with Gasteiger partial charge in [0, 0.05) is 48.7 Å². The molecule has 2 aromatic carbocycles. The number of sulfonamides is 1. The third-order valence-corrected chi connectivity index (χ3v) is 9.13. The van der Waals surface area contributed by atoms with Gasteiger partial charge in [0.2, 0.25) is 10.0 Å². The third-order valence-electron chi connectivity index (χ3n) is 7.10. The van der Waals surface area contributed by atoms with Crippen LogP contribution >= 0.6 is 23.2 Å². The summed E-state index contributed by atoms with van der Waals surface area (Å²) in [5.74, 6) is -1.71. The number of carbonyl (C=O) groups is 2. The zero-order valence-corrected chi connectivity index (χ0v) is 28.2. The molecule has 5 N–H and O–H groups in total. The van der Waals surface area contributed by atoms with Gasteiger partial charge in [-0.3, -0.25) is 9.59 Å². The van der Waals surface area contributed by atoms with Gasteiger partial charge in [0.15, 0.2) is 12.2 Å².